The van der Waals surface area contributed by atoms with Crippen molar-refractivity contribution in [2.75, 3.05) is 11.4 Å². The summed E-state index contributed by atoms with van der Waals surface area (Å²) in [5.41, 5.74) is 3.87. The van der Waals surface area contributed by atoms with Gasteiger partial charge in [-0.2, -0.15) is 0 Å². The van der Waals surface area contributed by atoms with Crippen LogP contribution >= 0.6 is 11.6 Å². The molecule has 0 N–H and O–H groups in total. The summed E-state index contributed by atoms with van der Waals surface area (Å²) in [6, 6.07) is 13.7. The summed E-state index contributed by atoms with van der Waals surface area (Å²) in [5, 5.41) is 0.486. The highest BCUT2D eigenvalue weighted by atomic mass is 35.5. The van der Waals surface area contributed by atoms with Gasteiger partial charge >= 0.3 is 0 Å². The molecule has 0 bridgehead atoms. The number of aldehydes is 1. The number of halogens is 1. The van der Waals surface area contributed by atoms with Crippen molar-refractivity contribution in [2.24, 2.45) is 0 Å². The van der Waals surface area contributed by atoms with Crippen molar-refractivity contribution in [3.8, 4) is 0 Å². The molecular weight excluding hydrogens is 258 g/mol. The first-order chi connectivity index (χ1) is 9.17. The normalized spacial score (nSPS) is 10.3. The standard InChI is InChI=1S/C16H16ClNO/c1-3-18(16-7-5-4-6-12(16)2)14-9-8-13(11-19)15(17)10-14/h4-11H,3H2,1-2H3. The van der Waals surface area contributed by atoms with Crippen LogP contribution in [-0.2, 0) is 0 Å². The molecule has 2 rings (SSSR count). The van der Waals surface area contributed by atoms with Crippen LogP contribution in [0.5, 0.6) is 0 Å². The number of anilines is 2. The van der Waals surface area contributed by atoms with Gasteiger partial charge < -0.3 is 4.90 Å². The summed E-state index contributed by atoms with van der Waals surface area (Å²) in [6.07, 6.45) is 0.774. The van der Waals surface area contributed by atoms with E-state index in [0.29, 0.717) is 10.6 Å². The van der Waals surface area contributed by atoms with E-state index in [1.165, 1.54) is 5.56 Å². The molecule has 2 aromatic rings. The molecule has 0 unspecified atom stereocenters. The van der Waals surface area contributed by atoms with E-state index < -0.39 is 0 Å². The maximum atomic E-state index is 10.8. The molecule has 0 aromatic heterocycles. The maximum Gasteiger partial charge on any atom is 0.151 e. The first-order valence-electron chi connectivity index (χ1n) is 6.25. The van der Waals surface area contributed by atoms with Crippen LogP contribution in [0.2, 0.25) is 5.02 Å². The minimum atomic E-state index is 0.486. The number of benzene rings is 2. The number of nitrogens with zero attached hydrogens (tertiary/aromatic N) is 1. The number of hydrogen-bond acceptors (Lipinski definition) is 2. The van der Waals surface area contributed by atoms with Gasteiger partial charge in [0.1, 0.15) is 0 Å². The van der Waals surface area contributed by atoms with Crippen molar-refractivity contribution in [2.45, 2.75) is 13.8 Å². The van der Waals surface area contributed by atoms with Gasteiger partial charge in [-0.3, -0.25) is 4.79 Å². The number of para-hydroxylation sites is 1. The van der Waals surface area contributed by atoms with Crippen molar-refractivity contribution in [3.63, 3.8) is 0 Å². The van der Waals surface area contributed by atoms with Gasteiger partial charge in [0.15, 0.2) is 6.29 Å². The van der Waals surface area contributed by atoms with Gasteiger partial charge in [0.05, 0.1) is 5.02 Å². The van der Waals surface area contributed by atoms with Crippen LogP contribution in [0.4, 0.5) is 11.4 Å². The third kappa shape index (κ3) is 2.79. The van der Waals surface area contributed by atoms with Crippen molar-refractivity contribution in [1.82, 2.24) is 0 Å². The van der Waals surface area contributed by atoms with Gasteiger partial charge in [0, 0.05) is 23.5 Å². The van der Waals surface area contributed by atoms with Crippen LogP contribution in [0, 0.1) is 6.92 Å². The zero-order valence-corrected chi connectivity index (χ0v) is 11.8. The van der Waals surface area contributed by atoms with Gasteiger partial charge in [-0.15, -0.1) is 0 Å². The zero-order valence-electron chi connectivity index (χ0n) is 11.1. The molecule has 0 saturated heterocycles. The second-order valence-corrected chi connectivity index (χ2v) is 4.76. The van der Waals surface area contributed by atoms with E-state index in [-0.39, 0.29) is 0 Å². The number of aryl methyl sites for hydroxylation is 1. The Kier molecular flexibility index (Phi) is 4.23. The van der Waals surface area contributed by atoms with E-state index in [1.807, 2.05) is 24.3 Å². The van der Waals surface area contributed by atoms with Crippen LogP contribution in [0.15, 0.2) is 42.5 Å². The first kappa shape index (κ1) is 13.6. The van der Waals surface area contributed by atoms with E-state index in [9.17, 15) is 4.79 Å². The summed E-state index contributed by atoms with van der Waals surface area (Å²) in [4.78, 5) is 13.0. The van der Waals surface area contributed by atoms with Crippen molar-refractivity contribution >= 4 is 29.3 Å². The quantitative estimate of drug-likeness (QED) is 0.758. The smallest absolute Gasteiger partial charge is 0.151 e. The van der Waals surface area contributed by atoms with Crippen LogP contribution < -0.4 is 4.90 Å². The lowest BCUT2D eigenvalue weighted by atomic mass is 10.1. The largest absolute Gasteiger partial charge is 0.342 e. The lowest BCUT2D eigenvalue weighted by molar-refractivity contribution is 0.112. The molecular formula is C16H16ClNO. The Morgan fingerprint density at radius 1 is 1.21 bits per heavy atom. The molecule has 0 heterocycles. The Morgan fingerprint density at radius 3 is 2.53 bits per heavy atom. The predicted molar refractivity (Wildman–Crippen MR) is 80.7 cm³/mol. The lowest BCUT2D eigenvalue weighted by Gasteiger charge is -2.25. The summed E-state index contributed by atoms with van der Waals surface area (Å²) in [6.45, 7) is 5.01. The molecule has 0 spiro atoms. The van der Waals surface area contributed by atoms with Gasteiger partial charge in [-0.25, -0.2) is 0 Å². The lowest BCUT2D eigenvalue weighted by Crippen LogP contribution is -2.17. The SMILES string of the molecule is CCN(c1ccc(C=O)c(Cl)c1)c1ccccc1C. The van der Waals surface area contributed by atoms with E-state index in [1.54, 1.807) is 6.07 Å². The highest BCUT2D eigenvalue weighted by Crippen LogP contribution is 2.30. The van der Waals surface area contributed by atoms with Crippen LogP contribution in [0.1, 0.15) is 22.8 Å². The zero-order chi connectivity index (χ0) is 13.8. The number of carbonyl (C=O) groups excluding carboxylic acids is 1. The third-order valence-electron chi connectivity index (χ3n) is 3.15. The molecule has 0 amide bonds. The molecule has 19 heavy (non-hydrogen) atoms. The second kappa shape index (κ2) is 5.89. The Labute approximate surface area is 118 Å². The van der Waals surface area contributed by atoms with Gasteiger partial charge in [0.25, 0.3) is 0 Å². The minimum Gasteiger partial charge on any atom is -0.342 e. The van der Waals surface area contributed by atoms with E-state index in [0.717, 1.165) is 24.2 Å². The highest BCUT2D eigenvalue weighted by Gasteiger charge is 2.11. The molecule has 0 aliphatic rings. The van der Waals surface area contributed by atoms with Crippen LogP contribution in [-0.4, -0.2) is 12.8 Å². The Hall–Kier alpha value is -1.80. The average Bonchev–Trinajstić information content (AvgIpc) is 2.42. The van der Waals surface area contributed by atoms with Gasteiger partial charge in [-0.05, 0) is 43.7 Å². The van der Waals surface area contributed by atoms with E-state index in [4.69, 9.17) is 11.6 Å². The molecule has 0 atom stereocenters. The number of rotatable bonds is 4. The monoisotopic (exact) mass is 273 g/mol. The molecule has 2 nitrogen and oxygen atoms in total. The van der Waals surface area contributed by atoms with Crippen molar-refractivity contribution in [1.29, 1.82) is 0 Å². The fourth-order valence-corrected chi connectivity index (χ4v) is 2.36. The van der Waals surface area contributed by atoms with Gasteiger partial charge in [-0.1, -0.05) is 29.8 Å². The predicted octanol–water partition coefficient (Wildman–Crippen LogP) is 4.62. The Balaban J connectivity index is 2.46. The summed E-state index contributed by atoms with van der Waals surface area (Å²) in [5.74, 6) is 0. The molecule has 0 aliphatic carbocycles. The van der Waals surface area contributed by atoms with E-state index >= 15 is 0 Å². The molecule has 0 fully saturated rings. The topological polar surface area (TPSA) is 20.3 Å². The number of carbonyl (C=O) groups is 1. The Morgan fingerprint density at radius 2 is 1.95 bits per heavy atom. The van der Waals surface area contributed by atoms with Crippen molar-refractivity contribution in [3.05, 3.63) is 58.6 Å². The highest BCUT2D eigenvalue weighted by molar-refractivity contribution is 6.33. The molecule has 0 saturated carbocycles. The minimum absolute atomic E-state index is 0.486. The first-order valence-corrected chi connectivity index (χ1v) is 6.63. The maximum absolute atomic E-state index is 10.8. The fraction of sp³-hybridized carbons (Fsp3) is 0.188. The number of hydrogen-bond donors (Lipinski definition) is 0. The molecule has 3 heteroatoms. The summed E-state index contributed by atoms with van der Waals surface area (Å²) < 4.78 is 0. The molecule has 98 valence electrons. The Bertz CT molecular complexity index is 595. The van der Waals surface area contributed by atoms with Crippen LogP contribution in [0.25, 0.3) is 0 Å². The fourth-order valence-electron chi connectivity index (χ4n) is 2.14. The molecule has 2 aromatic carbocycles. The molecule has 0 aliphatic heterocycles. The summed E-state index contributed by atoms with van der Waals surface area (Å²) in [7, 11) is 0. The van der Waals surface area contributed by atoms with Crippen LogP contribution in [0.3, 0.4) is 0 Å². The second-order valence-electron chi connectivity index (χ2n) is 4.35. The van der Waals surface area contributed by atoms with Gasteiger partial charge in [0.2, 0.25) is 0 Å². The average molecular weight is 274 g/mol. The van der Waals surface area contributed by atoms with E-state index in [2.05, 4.69) is 30.9 Å². The summed E-state index contributed by atoms with van der Waals surface area (Å²) >= 11 is 6.10. The van der Waals surface area contributed by atoms with Crippen molar-refractivity contribution < 1.29 is 4.79 Å². The third-order valence-corrected chi connectivity index (χ3v) is 3.47. The molecule has 0 radical (unpaired) electrons.